The molecule has 30 heavy (non-hydrogen) atoms. The Labute approximate surface area is 184 Å². The van der Waals surface area contributed by atoms with Crippen LogP contribution in [0.2, 0.25) is 19.6 Å². The maximum absolute atomic E-state index is 12.7. The summed E-state index contributed by atoms with van der Waals surface area (Å²) in [5.41, 5.74) is 3.93. The molecule has 1 N–H and O–H groups in total. The van der Waals surface area contributed by atoms with Crippen molar-refractivity contribution in [1.82, 2.24) is 0 Å². The van der Waals surface area contributed by atoms with Crippen LogP contribution in [0.1, 0.15) is 22.3 Å². The molecule has 1 saturated heterocycles. The highest BCUT2D eigenvalue weighted by molar-refractivity contribution is 8.00. The molecule has 0 radical (unpaired) electrons. The first kappa shape index (κ1) is 22.6. The van der Waals surface area contributed by atoms with E-state index in [2.05, 4.69) is 31.1 Å². The summed E-state index contributed by atoms with van der Waals surface area (Å²) in [6, 6.07) is 17.0. The van der Waals surface area contributed by atoms with Crippen LogP contribution in [0.5, 0.6) is 0 Å². The van der Waals surface area contributed by atoms with Gasteiger partial charge in [0.2, 0.25) is 6.29 Å². The van der Waals surface area contributed by atoms with Gasteiger partial charge in [-0.3, -0.25) is 0 Å². The molecule has 3 atom stereocenters. The molecule has 0 unspecified atom stereocenters. The Morgan fingerprint density at radius 2 is 1.87 bits per heavy atom. The third-order valence-electron chi connectivity index (χ3n) is 4.64. The molecule has 158 valence electrons. The van der Waals surface area contributed by atoms with Gasteiger partial charge in [0.15, 0.2) is 5.60 Å². The van der Waals surface area contributed by atoms with E-state index in [4.69, 9.17) is 9.47 Å². The Morgan fingerprint density at radius 1 is 1.20 bits per heavy atom. The molecule has 3 rings (SSSR count). The fraction of sp³-hybridized carbons (Fsp3) is 0.375. The summed E-state index contributed by atoms with van der Waals surface area (Å²) >= 11 is 1.59. The Morgan fingerprint density at radius 3 is 2.47 bits per heavy atom. The van der Waals surface area contributed by atoms with Crippen molar-refractivity contribution in [1.29, 1.82) is 0 Å². The zero-order chi connectivity index (χ0) is 21.8. The van der Waals surface area contributed by atoms with Crippen molar-refractivity contribution >= 4 is 25.8 Å². The van der Waals surface area contributed by atoms with Crippen LogP contribution in [-0.2, 0) is 9.47 Å². The molecule has 1 fully saturated rings. The average Bonchev–Trinajstić information content (AvgIpc) is 3.06. The summed E-state index contributed by atoms with van der Waals surface area (Å²) < 4.78 is 11.9. The van der Waals surface area contributed by atoms with E-state index in [1.165, 1.54) is 5.56 Å². The molecule has 0 bridgehead atoms. The molecule has 0 aliphatic carbocycles. The fourth-order valence-electron chi connectivity index (χ4n) is 3.03. The van der Waals surface area contributed by atoms with Crippen LogP contribution >= 0.6 is 11.8 Å². The second-order valence-corrected chi connectivity index (χ2v) is 14.6. The molecule has 2 aromatic rings. The van der Waals surface area contributed by atoms with Crippen molar-refractivity contribution in [2.24, 2.45) is 0 Å². The average molecular weight is 441 g/mol. The Bertz CT molecular complexity index is 928. The van der Waals surface area contributed by atoms with Crippen LogP contribution in [0.15, 0.2) is 59.5 Å². The van der Waals surface area contributed by atoms with Gasteiger partial charge < -0.3 is 14.6 Å². The summed E-state index contributed by atoms with van der Waals surface area (Å²) in [4.78, 5) is 13.7. The van der Waals surface area contributed by atoms with Gasteiger partial charge in [-0.15, -0.1) is 17.3 Å². The number of hydrogen-bond donors (Lipinski definition) is 1. The summed E-state index contributed by atoms with van der Waals surface area (Å²) in [5.74, 6) is 2.74. The van der Waals surface area contributed by atoms with Gasteiger partial charge in [-0.2, -0.15) is 0 Å². The van der Waals surface area contributed by atoms with Crippen LogP contribution in [0, 0.1) is 18.4 Å². The van der Waals surface area contributed by atoms with Crippen LogP contribution in [0.3, 0.4) is 0 Å². The first-order valence-corrected chi connectivity index (χ1v) is 14.4. The molecule has 0 aromatic heterocycles. The first-order chi connectivity index (χ1) is 14.2. The molecule has 2 aromatic carbocycles. The van der Waals surface area contributed by atoms with E-state index >= 15 is 0 Å². The lowest BCUT2D eigenvalue weighted by molar-refractivity contribution is -0.132. The van der Waals surface area contributed by atoms with Gasteiger partial charge in [0.05, 0.1) is 17.4 Å². The maximum atomic E-state index is 12.7. The molecule has 0 spiro atoms. The van der Waals surface area contributed by atoms with Gasteiger partial charge in [0.25, 0.3) is 0 Å². The van der Waals surface area contributed by atoms with E-state index < -0.39 is 25.9 Å². The molecule has 1 heterocycles. The zero-order valence-electron chi connectivity index (χ0n) is 17.8. The highest BCUT2D eigenvalue weighted by atomic mass is 32.2. The molecule has 0 amide bonds. The largest absolute Gasteiger partial charge is 0.431 e. The molecule has 4 nitrogen and oxygen atoms in total. The number of carbonyl (C=O) groups is 1. The number of thioether (sulfide) groups is 1. The molecule has 6 heteroatoms. The van der Waals surface area contributed by atoms with E-state index in [0.29, 0.717) is 12.0 Å². The van der Waals surface area contributed by atoms with Crippen LogP contribution in [-0.4, -0.2) is 42.9 Å². The minimum Gasteiger partial charge on any atom is -0.431 e. The van der Waals surface area contributed by atoms with E-state index in [1.54, 1.807) is 36.0 Å². The van der Waals surface area contributed by atoms with Gasteiger partial charge in [0, 0.05) is 11.3 Å². The van der Waals surface area contributed by atoms with Gasteiger partial charge in [-0.1, -0.05) is 61.5 Å². The Hall–Kier alpha value is -2.04. The van der Waals surface area contributed by atoms with E-state index in [0.717, 1.165) is 4.90 Å². The van der Waals surface area contributed by atoms with Crippen molar-refractivity contribution in [3.8, 4) is 11.5 Å². The van der Waals surface area contributed by atoms with E-state index in [-0.39, 0.29) is 11.9 Å². The molecular weight excluding hydrogens is 412 g/mol. The number of aliphatic hydroxyl groups excluding tert-OH is 1. The number of carbonyl (C=O) groups excluding carboxylic acids is 1. The summed E-state index contributed by atoms with van der Waals surface area (Å²) in [5, 5.41) is 9.96. The van der Waals surface area contributed by atoms with Crippen LogP contribution < -0.4 is 0 Å². The zero-order valence-corrected chi connectivity index (χ0v) is 19.7. The topological polar surface area (TPSA) is 55.8 Å². The highest BCUT2D eigenvalue weighted by Gasteiger charge is 2.48. The summed E-state index contributed by atoms with van der Waals surface area (Å²) in [6.07, 6.45) is -0.321. The fourth-order valence-corrected chi connectivity index (χ4v) is 4.85. The number of hydrogen-bond acceptors (Lipinski definition) is 5. The first-order valence-electron chi connectivity index (χ1n) is 10.0. The predicted molar refractivity (Wildman–Crippen MR) is 123 cm³/mol. The third kappa shape index (κ3) is 5.99. The lowest BCUT2D eigenvalue weighted by Crippen LogP contribution is -2.34. The number of esters is 1. The minimum atomic E-state index is -1.66. The van der Waals surface area contributed by atoms with E-state index in [1.807, 2.05) is 37.3 Å². The normalized spacial score (nSPS) is 23.5. The lowest BCUT2D eigenvalue weighted by atomic mass is 10.0. The molecular formula is C24H28O4SSi. The van der Waals surface area contributed by atoms with Crippen LogP contribution in [0.25, 0.3) is 0 Å². The smallest absolute Gasteiger partial charge is 0.340 e. The number of aliphatic hydroxyl groups is 1. The number of aryl methyl sites for hydroxylation is 1. The molecule has 1 aliphatic rings. The maximum Gasteiger partial charge on any atom is 0.340 e. The van der Waals surface area contributed by atoms with Crippen LogP contribution in [0.4, 0.5) is 0 Å². The third-order valence-corrected chi connectivity index (χ3v) is 6.75. The summed E-state index contributed by atoms with van der Waals surface area (Å²) in [7, 11) is -1.66. The number of rotatable bonds is 5. The van der Waals surface area contributed by atoms with Crippen molar-refractivity contribution in [2.45, 2.75) is 55.0 Å². The van der Waals surface area contributed by atoms with Gasteiger partial charge in [-0.05, 0) is 31.2 Å². The Balaban J connectivity index is 1.85. The molecule has 1 aliphatic heterocycles. The predicted octanol–water partition coefficient (Wildman–Crippen LogP) is 4.67. The van der Waals surface area contributed by atoms with Crippen molar-refractivity contribution in [3.63, 3.8) is 0 Å². The Kier molecular flexibility index (Phi) is 7.09. The quantitative estimate of drug-likeness (QED) is 0.416. The minimum absolute atomic E-state index is 0.177. The second-order valence-electron chi connectivity index (χ2n) is 8.58. The monoisotopic (exact) mass is 440 g/mol. The SMILES string of the molecule is Cc1ccc(S[C@@H]2C[C@@](C#C[Si](C)(C)C)(CO)O[C@@H]2OC(=O)c2ccccc2)cc1. The van der Waals surface area contributed by atoms with Gasteiger partial charge in [0.1, 0.15) is 8.07 Å². The molecule has 0 saturated carbocycles. The van der Waals surface area contributed by atoms with Crippen molar-refractivity contribution in [3.05, 3.63) is 65.7 Å². The lowest BCUT2D eigenvalue weighted by Gasteiger charge is -2.22. The number of ether oxygens (including phenoxy) is 2. The highest BCUT2D eigenvalue weighted by Crippen LogP contribution is 2.41. The second kappa shape index (κ2) is 9.40. The van der Waals surface area contributed by atoms with E-state index in [9.17, 15) is 9.90 Å². The van der Waals surface area contributed by atoms with Gasteiger partial charge in [-0.25, -0.2) is 4.79 Å². The van der Waals surface area contributed by atoms with Crippen molar-refractivity contribution in [2.75, 3.05) is 6.61 Å². The van der Waals surface area contributed by atoms with Crippen molar-refractivity contribution < 1.29 is 19.4 Å². The summed E-state index contributed by atoms with van der Waals surface area (Å²) in [6.45, 7) is 8.23. The standard InChI is InChI=1S/C24H28O4SSi/c1-18-10-12-20(13-11-18)29-21-16-24(17-25,14-15-30(2,3)4)28-23(21)27-22(26)19-8-6-5-7-9-19/h5-13,21,23,25H,16-17H2,1-4H3/t21-,23+,24+/m1/s1. The van der Waals surface area contributed by atoms with Gasteiger partial charge >= 0.3 is 5.97 Å². The number of benzene rings is 2.